The van der Waals surface area contributed by atoms with E-state index in [4.69, 9.17) is 13.9 Å². The molecule has 0 radical (unpaired) electrons. The highest BCUT2D eigenvalue weighted by Gasteiger charge is 2.12. The fourth-order valence-electron chi connectivity index (χ4n) is 2.90. The molecule has 7 heteroatoms. The third-order valence-electron chi connectivity index (χ3n) is 4.33. The fraction of sp³-hybridized carbons (Fsp3) is 0.400. The summed E-state index contributed by atoms with van der Waals surface area (Å²) >= 11 is 0. The lowest BCUT2D eigenvalue weighted by Crippen LogP contribution is -2.37. The van der Waals surface area contributed by atoms with Crippen LogP contribution in [0, 0.1) is 11.3 Å². The second-order valence-corrected chi connectivity index (χ2v) is 6.15. The number of nitrogens with one attached hydrogen (secondary N) is 1. The van der Waals surface area contributed by atoms with Crippen molar-refractivity contribution in [2.75, 3.05) is 51.8 Å². The summed E-state index contributed by atoms with van der Waals surface area (Å²) in [5.74, 6) is 1.56. The van der Waals surface area contributed by atoms with Crippen LogP contribution in [-0.4, -0.2) is 56.4 Å². The number of morpholine rings is 1. The molecule has 2 heterocycles. The normalized spacial score (nSPS) is 15.0. The van der Waals surface area contributed by atoms with Gasteiger partial charge in [0, 0.05) is 31.3 Å². The van der Waals surface area contributed by atoms with Crippen LogP contribution in [0.25, 0.3) is 12.2 Å². The van der Waals surface area contributed by atoms with Gasteiger partial charge in [-0.2, -0.15) is 10.2 Å². The predicted molar refractivity (Wildman–Crippen MR) is 104 cm³/mol. The van der Waals surface area contributed by atoms with Crippen molar-refractivity contribution in [3.05, 3.63) is 41.4 Å². The molecule has 0 bridgehead atoms. The first-order valence-corrected chi connectivity index (χ1v) is 9.06. The summed E-state index contributed by atoms with van der Waals surface area (Å²) in [4.78, 5) is 6.60. The van der Waals surface area contributed by atoms with E-state index in [1.54, 1.807) is 13.2 Å². The van der Waals surface area contributed by atoms with E-state index >= 15 is 0 Å². The second-order valence-electron chi connectivity index (χ2n) is 6.15. The van der Waals surface area contributed by atoms with Crippen LogP contribution in [0.4, 0.5) is 5.88 Å². The molecule has 1 saturated heterocycles. The molecule has 1 aromatic carbocycles. The first-order chi connectivity index (χ1) is 13.3. The Labute approximate surface area is 159 Å². The van der Waals surface area contributed by atoms with Crippen molar-refractivity contribution < 1.29 is 13.9 Å². The number of para-hydroxylation sites is 1. The second kappa shape index (κ2) is 9.76. The smallest absolute Gasteiger partial charge is 0.232 e. The van der Waals surface area contributed by atoms with Gasteiger partial charge in [-0.25, -0.2) is 0 Å². The molecule has 0 unspecified atom stereocenters. The molecule has 7 nitrogen and oxygen atoms in total. The molecule has 1 aliphatic rings. The average molecular weight is 368 g/mol. The number of hydrogen-bond acceptors (Lipinski definition) is 7. The van der Waals surface area contributed by atoms with Gasteiger partial charge < -0.3 is 19.2 Å². The summed E-state index contributed by atoms with van der Waals surface area (Å²) in [6, 6.07) is 9.74. The number of aromatic nitrogens is 1. The Bertz CT molecular complexity index is 804. The summed E-state index contributed by atoms with van der Waals surface area (Å²) in [5.41, 5.74) is 1.18. The Morgan fingerprint density at radius 3 is 2.89 bits per heavy atom. The van der Waals surface area contributed by atoms with Gasteiger partial charge in [-0.3, -0.25) is 4.90 Å². The van der Waals surface area contributed by atoms with E-state index in [0.717, 1.165) is 57.1 Å². The molecule has 1 fully saturated rings. The van der Waals surface area contributed by atoms with Crippen LogP contribution < -0.4 is 10.1 Å². The molecule has 3 rings (SSSR count). The van der Waals surface area contributed by atoms with Crippen LogP contribution in [0.15, 0.2) is 28.7 Å². The van der Waals surface area contributed by atoms with E-state index in [1.165, 1.54) is 0 Å². The maximum absolute atomic E-state index is 9.28. The average Bonchev–Trinajstić information content (AvgIpc) is 3.12. The summed E-state index contributed by atoms with van der Waals surface area (Å²) in [6.07, 6.45) is 4.55. The Morgan fingerprint density at radius 2 is 2.11 bits per heavy atom. The van der Waals surface area contributed by atoms with E-state index in [0.29, 0.717) is 11.8 Å². The Balaban J connectivity index is 1.56. The van der Waals surface area contributed by atoms with Gasteiger partial charge >= 0.3 is 0 Å². The standard InChI is InChI=1S/C20H24N4O3/c1-25-18-6-3-2-5-16(18)7-8-19-23-17(15-21)20(27-19)22-9-4-10-24-11-13-26-14-12-24/h2-3,5-8,22H,4,9-14H2,1H3/b8-7+. The molecule has 0 atom stereocenters. The summed E-state index contributed by atoms with van der Waals surface area (Å²) in [6.45, 7) is 5.27. The number of nitriles is 1. The molecule has 0 saturated carbocycles. The van der Waals surface area contributed by atoms with Crippen LogP contribution in [-0.2, 0) is 4.74 Å². The van der Waals surface area contributed by atoms with Crippen LogP contribution in [0.5, 0.6) is 5.75 Å². The summed E-state index contributed by atoms with van der Waals surface area (Å²) in [5, 5.41) is 12.5. The molecule has 27 heavy (non-hydrogen) atoms. The van der Waals surface area contributed by atoms with Gasteiger partial charge in [-0.15, -0.1) is 0 Å². The van der Waals surface area contributed by atoms with Crippen molar-refractivity contribution in [2.24, 2.45) is 0 Å². The zero-order valence-electron chi connectivity index (χ0n) is 15.5. The number of oxazole rings is 1. The van der Waals surface area contributed by atoms with Crippen molar-refractivity contribution in [3.8, 4) is 11.8 Å². The fourth-order valence-corrected chi connectivity index (χ4v) is 2.90. The number of benzene rings is 1. The van der Waals surface area contributed by atoms with Gasteiger partial charge in [0.15, 0.2) is 0 Å². The SMILES string of the molecule is COc1ccccc1/C=C/c1nc(C#N)c(NCCCN2CCOCC2)o1. The van der Waals surface area contributed by atoms with Gasteiger partial charge in [0.05, 0.1) is 20.3 Å². The summed E-state index contributed by atoms with van der Waals surface area (Å²) < 4.78 is 16.4. The van der Waals surface area contributed by atoms with Gasteiger partial charge in [0.2, 0.25) is 17.5 Å². The van der Waals surface area contributed by atoms with Crippen LogP contribution >= 0.6 is 0 Å². The third-order valence-corrected chi connectivity index (χ3v) is 4.33. The number of ether oxygens (including phenoxy) is 2. The van der Waals surface area contributed by atoms with Crippen molar-refractivity contribution in [1.29, 1.82) is 5.26 Å². The van der Waals surface area contributed by atoms with E-state index in [-0.39, 0.29) is 5.69 Å². The van der Waals surface area contributed by atoms with E-state index < -0.39 is 0 Å². The van der Waals surface area contributed by atoms with Gasteiger partial charge in [0.1, 0.15) is 11.8 Å². The highest BCUT2D eigenvalue weighted by Crippen LogP contribution is 2.22. The lowest BCUT2D eigenvalue weighted by Gasteiger charge is -2.26. The lowest BCUT2D eigenvalue weighted by atomic mass is 10.2. The highest BCUT2D eigenvalue weighted by atomic mass is 16.5. The Kier molecular flexibility index (Phi) is 6.85. The van der Waals surface area contributed by atoms with E-state index in [9.17, 15) is 5.26 Å². The number of methoxy groups -OCH3 is 1. The van der Waals surface area contributed by atoms with Gasteiger partial charge in [-0.1, -0.05) is 18.2 Å². The molecule has 2 aromatic rings. The maximum atomic E-state index is 9.28. The van der Waals surface area contributed by atoms with Gasteiger partial charge in [0.25, 0.3) is 0 Å². The molecule has 1 N–H and O–H groups in total. The van der Waals surface area contributed by atoms with Crippen LogP contribution in [0.2, 0.25) is 0 Å². The number of rotatable bonds is 8. The van der Waals surface area contributed by atoms with E-state index in [1.807, 2.05) is 30.3 Å². The van der Waals surface area contributed by atoms with Crippen LogP contribution in [0.1, 0.15) is 23.6 Å². The first kappa shape index (κ1) is 19.0. The summed E-state index contributed by atoms with van der Waals surface area (Å²) in [7, 11) is 1.63. The number of hydrogen-bond donors (Lipinski definition) is 1. The minimum Gasteiger partial charge on any atom is -0.496 e. The lowest BCUT2D eigenvalue weighted by molar-refractivity contribution is 0.0378. The number of nitrogens with zero attached hydrogens (tertiary/aromatic N) is 3. The first-order valence-electron chi connectivity index (χ1n) is 9.06. The van der Waals surface area contributed by atoms with E-state index in [2.05, 4.69) is 21.3 Å². The van der Waals surface area contributed by atoms with Crippen molar-refractivity contribution in [2.45, 2.75) is 6.42 Å². The molecule has 1 aromatic heterocycles. The van der Waals surface area contributed by atoms with Crippen molar-refractivity contribution >= 4 is 18.0 Å². The minimum atomic E-state index is 0.265. The Morgan fingerprint density at radius 1 is 1.30 bits per heavy atom. The number of anilines is 1. The van der Waals surface area contributed by atoms with Crippen molar-refractivity contribution in [1.82, 2.24) is 9.88 Å². The third kappa shape index (κ3) is 5.33. The zero-order valence-corrected chi connectivity index (χ0v) is 15.5. The topological polar surface area (TPSA) is 83.5 Å². The molecule has 142 valence electrons. The van der Waals surface area contributed by atoms with Crippen molar-refractivity contribution in [3.63, 3.8) is 0 Å². The zero-order chi connectivity index (χ0) is 18.9. The highest BCUT2D eigenvalue weighted by molar-refractivity contribution is 5.70. The van der Waals surface area contributed by atoms with Crippen LogP contribution in [0.3, 0.4) is 0 Å². The largest absolute Gasteiger partial charge is 0.496 e. The minimum absolute atomic E-state index is 0.265. The molecular weight excluding hydrogens is 344 g/mol. The molecule has 0 spiro atoms. The van der Waals surface area contributed by atoms with Gasteiger partial charge in [-0.05, 0) is 25.1 Å². The monoisotopic (exact) mass is 368 g/mol. The molecular formula is C20H24N4O3. The molecule has 0 aliphatic carbocycles. The molecule has 0 amide bonds. The predicted octanol–water partition coefficient (Wildman–Crippen LogP) is 2.86. The Hall–Kier alpha value is -2.82. The maximum Gasteiger partial charge on any atom is 0.232 e. The molecule has 1 aliphatic heterocycles. The quantitative estimate of drug-likeness (QED) is 0.717.